The minimum absolute atomic E-state index is 0.450. The molecule has 4 nitrogen and oxygen atoms in total. The quantitative estimate of drug-likeness (QED) is 0.881. The van der Waals surface area contributed by atoms with E-state index in [0.29, 0.717) is 18.5 Å². The van der Waals surface area contributed by atoms with Crippen LogP contribution in [-0.4, -0.2) is 30.1 Å². The van der Waals surface area contributed by atoms with Crippen molar-refractivity contribution in [2.75, 3.05) is 14.2 Å². The summed E-state index contributed by atoms with van der Waals surface area (Å²) in [7, 11) is 3.60. The molecule has 112 valence electrons. The number of hydrogen-bond acceptors (Lipinski definition) is 3. The molecule has 0 spiro atoms. The predicted octanol–water partition coefficient (Wildman–Crippen LogP) is 3.54. The molecule has 0 amide bonds. The number of aliphatic carboxylic acids is 1. The van der Waals surface area contributed by atoms with E-state index < -0.39 is 5.97 Å². The van der Waals surface area contributed by atoms with E-state index in [1.54, 1.807) is 13.2 Å². The topological polar surface area (TPSA) is 49.8 Å². The number of nitrogens with zero attached hydrogens (tertiary/aromatic N) is 1. The molecule has 0 atom stereocenters. The van der Waals surface area contributed by atoms with Gasteiger partial charge in [0.05, 0.1) is 7.11 Å². The number of carboxylic acid groups (broad SMARTS) is 1. The Morgan fingerprint density at radius 3 is 2.86 bits per heavy atom. The summed E-state index contributed by atoms with van der Waals surface area (Å²) in [5.74, 6) is -0.0263. The third-order valence-corrected chi connectivity index (χ3v) is 4.25. The fraction of sp³-hybridized carbons (Fsp3) is 0.312. The molecule has 0 bridgehead atoms. The maximum atomic E-state index is 11.1. The largest absolute Gasteiger partial charge is 0.497 e. The Morgan fingerprint density at radius 1 is 1.43 bits per heavy atom. The molecule has 0 fully saturated rings. The van der Waals surface area contributed by atoms with Crippen LogP contribution in [-0.2, 0) is 11.3 Å². The molecule has 0 aromatic heterocycles. The van der Waals surface area contributed by atoms with Gasteiger partial charge in [-0.3, -0.25) is 0 Å². The highest BCUT2D eigenvalue weighted by Crippen LogP contribution is 2.30. The first-order valence-corrected chi connectivity index (χ1v) is 7.47. The number of carboxylic acids is 1. The number of likely N-dealkylation sites (N-methyl/N-ethyl adjacent to an activating group) is 1. The van der Waals surface area contributed by atoms with Gasteiger partial charge in [-0.05, 0) is 36.6 Å². The van der Waals surface area contributed by atoms with Crippen molar-refractivity contribution in [2.45, 2.75) is 19.4 Å². The number of methoxy groups -OCH3 is 1. The molecule has 0 aliphatic heterocycles. The lowest BCUT2D eigenvalue weighted by atomic mass is 10.0. The number of rotatable bonds is 5. The summed E-state index contributed by atoms with van der Waals surface area (Å²) in [5, 5.41) is 9.14. The highest BCUT2D eigenvalue weighted by atomic mass is 79.9. The second kappa shape index (κ2) is 6.80. The summed E-state index contributed by atoms with van der Waals surface area (Å²) < 4.78 is 6.26. The van der Waals surface area contributed by atoms with Gasteiger partial charge in [-0.15, -0.1) is 0 Å². The molecule has 1 N–H and O–H groups in total. The molecular formula is C16H18BrNO3. The second-order valence-electron chi connectivity index (χ2n) is 4.97. The van der Waals surface area contributed by atoms with Gasteiger partial charge in [0.2, 0.25) is 0 Å². The van der Waals surface area contributed by atoms with E-state index in [0.717, 1.165) is 27.9 Å². The first-order valence-electron chi connectivity index (χ1n) is 6.68. The average Bonchev–Trinajstić information content (AvgIpc) is 2.47. The summed E-state index contributed by atoms with van der Waals surface area (Å²) in [4.78, 5) is 13.2. The van der Waals surface area contributed by atoms with Crippen LogP contribution in [0.25, 0.3) is 0 Å². The molecule has 1 aliphatic carbocycles. The molecule has 5 heteroatoms. The summed E-state index contributed by atoms with van der Waals surface area (Å²) in [5.41, 5.74) is 2.48. The number of halogens is 1. The first-order chi connectivity index (χ1) is 10.0. The van der Waals surface area contributed by atoms with E-state index in [4.69, 9.17) is 9.84 Å². The lowest BCUT2D eigenvalue weighted by Gasteiger charge is -2.25. The molecule has 1 aromatic rings. The Kier molecular flexibility index (Phi) is 5.07. The molecule has 1 aromatic carbocycles. The fourth-order valence-electron chi connectivity index (χ4n) is 2.30. The van der Waals surface area contributed by atoms with Crippen LogP contribution in [0.4, 0.5) is 0 Å². The standard InChI is InChI=1S/C16H18BrNO3/c1-18(10-11-4-3-5-13(8-11)21-2)15-9-12(16(19)20)6-7-14(15)17/h3-5,8-9H,6-7,10H2,1-2H3,(H,19,20). The van der Waals surface area contributed by atoms with Gasteiger partial charge >= 0.3 is 5.97 Å². The van der Waals surface area contributed by atoms with Crippen molar-refractivity contribution >= 4 is 21.9 Å². The average molecular weight is 352 g/mol. The van der Waals surface area contributed by atoms with Crippen molar-refractivity contribution in [2.24, 2.45) is 0 Å². The fourth-order valence-corrected chi connectivity index (χ4v) is 2.92. The van der Waals surface area contributed by atoms with E-state index >= 15 is 0 Å². The van der Waals surface area contributed by atoms with Crippen molar-refractivity contribution in [1.82, 2.24) is 4.90 Å². The van der Waals surface area contributed by atoms with Crippen LogP contribution in [0.5, 0.6) is 5.75 Å². The van der Waals surface area contributed by atoms with E-state index in [1.165, 1.54) is 0 Å². The van der Waals surface area contributed by atoms with Gasteiger partial charge in [0.15, 0.2) is 0 Å². The highest BCUT2D eigenvalue weighted by molar-refractivity contribution is 9.11. The number of ether oxygens (including phenoxy) is 1. The van der Waals surface area contributed by atoms with E-state index in [1.807, 2.05) is 36.2 Å². The van der Waals surface area contributed by atoms with Gasteiger partial charge < -0.3 is 14.7 Å². The van der Waals surface area contributed by atoms with Gasteiger partial charge in [0.25, 0.3) is 0 Å². The van der Waals surface area contributed by atoms with Crippen LogP contribution < -0.4 is 4.74 Å². The lowest BCUT2D eigenvalue weighted by molar-refractivity contribution is -0.132. The minimum atomic E-state index is -0.845. The van der Waals surface area contributed by atoms with E-state index in [-0.39, 0.29) is 0 Å². The SMILES string of the molecule is COc1cccc(CN(C)C2=C(Br)CCC(C(=O)O)=C2)c1. The second-order valence-corrected chi connectivity index (χ2v) is 5.93. The van der Waals surface area contributed by atoms with Gasteiger partial charge in [-0.1, -0.05) is 28.1 Å². The molecule has 0 heterocycles. The Balaban J connectivity index is 2.18. The van der Waals surface area contributed by atoms with Gasteiger partial charge in [-0.25, -0.2) is 4.79 Å². The highest BCUT2D eigenvalue weighted by Gasteiger charge is 2.18. The van der Waals surface area contributed by atoms with Crippen molar-refractivity contribution < 1.29 is 14.6 Å². The Bertz CT molecular complexity index is 607. The molecule has 0 radical (unpaired) electrons. The summed E-state index contributed by atoms with van der Waals surface area (Å²) in [6.07, 6.45) is 3.03. The zero-order valence-corrected chi connectivity index (χ0v) is 13.7. The van der Waals surface area contributed by atoms with Crippen LogP contribution in [0.3, 0.4) is 0 Å². The van der Waals surface area contributed by atoms with Crippen LogP contribution >= 0.6 is 15.9 Å². The molecule has 0 saturated heterocycles. The number of benzene rings is 1. The van der Waals surface area contributed by atoms with E-state index in [2.05, 4.69) is 15.9 Å². The summed E-state index contributed by atoms with van der Waals surface area (Å²) >= 11 is 3.55. The smallest absolute Gasteiger partial charge is 0.331 e. The molecule has 0 saturated carbocycles. The van der Waals surface area contributed by atoms with Gasteiger partial charge in [0, 0.05) is 29.3 Å². The first kappa shape index (κ1) is 15.6. The zero-order chi connectivity index (χ0) is 15.4. The van der Waals surface area contributed by atoms with Crippen LogP contribution in [0.2, 0.25) is 0 Å². The normalized spacial score (nSPS) is 14.7. The van der Waals surface area contributed by atoms with Gasteiger partial charge in [-0.2, -0.15) is 0 Å². The maximum absolute atomic E-state index is 11.1. The van der Waals surface area contributed by atoms with Gasteiger partial charge in [0.1, 0.15) is 5.75 Å². The minimum Gasteiger partial charge on any atom is -0.497 e. The Morgan fingerprint density at radius 2 is 2.19 bits per heavy atom. The van der Waals surface area contributed by atoms with Crippen molar-refractivity contribution in [3.63, 3.8) is 0 Å². The predicted molar refractivity (Wildman–Crippen MR) is 85.4 cm³/mol. The van der Waals surface area contributed by atoms with Crippen LogP contribution in [0.15, 0.2) is 46.1 Å². The molecule has 1 aliphatic rings. The Labute approximate surface area is 132 Å². The molecular weight excluding hydrogens is 334 g/mol. The zero-order valence-electron chi connectivity index (χ0n) is 12.1. The number of allylic oxidation sites excluding steroid dienone is 2. The summed E-state index contributed by atoms with van der Waals surface area (Å²) in [6, 6.07) is 7.86. The molecule has 0 unspecified atom stereocenters. The third-order valence-electron chi connectivity index (χ3n) is 3.44. The van der Waals surface area contributed by atoms with Crippen molar-refractivity contribution in [3.8, 4) is 5.75 Å². The maximum Gasteiger partial charge on any atom is 0.331 e. The molecule has 2 rings (SSSR count). The van der Waals surface area contributed by atoms with Crippen molar-refractivity contribution in [3.05, 3.63) is 51.7 Å². The van der Waals surface area contributed by atoms with Crippen molar-refractivity contribution in [1.29, 1.82) is 0 Å². The monoisotopic (exact) mass is 351 g/mol. The van der Waals surface area contributed by atoms with Crippen LogP contribution in [0.1, 0.15) is 18.4 Å². The number of carbonyl (C=O) groups is 1. The van der Waals surface area contributed by atoms with Crippen LogP contribution in [0, 0.1) is 0 Å². The lowest BCUT2D eigenvalue weighted by Crippen LogP contribution is -2.20. The Hall–Kier alpha value is -1.75. The summed E-state index contributed by atoms with van der Waals surface area (Å²) in [6.45, 7) is 0.686. The third kappa shape index (κ3) is 3.88. The van der Waals surface area contributed by atoms with E-state index in [9.17, 15) is 4.79 Å². The molecule has 21 heavy (non-hydrogen) atoms. The number of hydrogen-bond donors (Lipinski definition) is 1.